The Balaban J connectivity index is 0.802. The maximum Gasteiger partial charge on any atom is 0.328 e. The molecule has 12 nitrogen and oxygen atoms in total. The molecule has 4 fully saturated rings. The second kappa shape index (κ2) is 21.1. The molecule has 4 aromatic carbocycles. The number of carbonyl (C=O) groups excluding carboxylic acids is 5. The summed E-state index contributed by atoms with van der Waals surface area (Å²) in [6, 6.07) is 23.7. The number of hydrogen-bond donors (Lipinski definition) is 4. The maximum atomic E-state index is 15.8. The highest BCUT2D eigenvalue weighted by atomic mass is 35.5. The number of nitrogens with two attached hydrogens (primary N) is 1. The van der Waals surface area contributed by atoms with E-state index in [1.807, 2.05) is 30.3 Å². The fourth-order valence-electron chi connectivity index (χ4n) is 10.4. The summed E-state index contributed by atoms with van der Waals surface area (Å²) in [5.74, 6) is -1.86. The Kier molecular flexibility index (Phi) is 15.1. The quantitative estimate of drug-likeness (QED) is 0.0914. The minimum atomic E-state index is -0.769. The number of rotatable bonds is 14. The van der Waals surface area contributed by atoms with Gasteiger partial charge in [0.1, 0.15) is 0 Å². The third kappa shape index (κ3) is 10.6. The van der Waals surface area contributed by atoms with Crippen molar-refractivity contribution in [2.24, 2.45) is 17.6 Å². The van der Waals surface area contributed by atoms with Crippen LogP contribution in [0.15, 0.2) is 78.9 Å². The number of imide groups is 1. The summed E-state index contributed by atoms with van der Waals surface area (Å²) in [7, 11) is 1.36. The number of halogens is 3. The number of likely N-dealkylation sites (tertiary alicyclic amines) is 1. The molecule has 2 aliphatic heterocycles. The summed E-state index contributed by atoms with van der Waals surface area (Å²) in [4.78, 5) is 67.7. The van der Waals surface area contributed by atoms with Crippen LogP contribution in [-0.2, 0) is 9.59 Å². The molecule has 5 amide bonds. The van der Waals surface area contributed by atoms with Gasteiger partial charge in [-0.25, -0.2) is 9.18 Å². The molecule has 2 aliphatic carbocycles. The highest BCUT2D eigenvalue weighted by Crippen LogP contribution is 2.40. The van der Waals surface area contributed by atoms with Crippen LogP contribution in [0, 0.1) is 17.7 Å². The third-order valence-corrected chi connectivity index (χ3v) is 14.8. The van der Waals surface area contributed by atoms with Crippen LogP contribution >= 0.6 is 23.2 Å². The molecule has 15 heteroatoms. The Labute approximate surface area is 395 Å². The summed E-state index contributed by atoms with van der Waals surface area (Å²) in [5.41, 5.74) is 8.99. The van der Waals surface area contributed by atoms with Gasteiger partial charge in [-0.05, 0) is 131 Å². The lowest BCUT2D eigenvalue weighted by atomic mass is 9.82. The number of nitrogens with zero attached hydrogens (tertiary/aromatic N) is 2. The van der Waals surface area contributed by atoms with Crippen molar-refractivity contribution in [1.29, 1.82) is 0 Å². The van der Waals surface area contributed by atoms with E-state index in [-0.39, 0.29) is 82.3 Å². The first-order valence-electron chi connectivity index (χ1n) is 23.1. The topological polar surface area (TPSA) is 163 Å². The van der Waals surface area contributed by atoms with Crippen LogP contribution in [0.1, 0.15) is 108 Å². The zero-order chi connectivity index (χ0) is 46.5. The van der Waals surface area contributed by atoms with Crippen molar-refractivity contribution in [2.75, 3.05) is 38.2 Å². The summed E-state index contributed by atoms with van der Waals surface area (Å²) >= 11 is 13.1. The smallest absolute Gasteiger partial charge is 0.328 e. The Morgan fingerprint density at radius 3 is 2.18 bits per heavy atom. The first kappa shape index (κ1) is 47.2. The Morgan fingerprint density at radius 1 is 0.803 bits per heavy atom. The van der Waals surface area contributed by atoms with Crippen LogP contribution in [0.2, 0.25) is 10.0 Å². The average Bonchev–Trinajstić information content (AvgIpc) is 3.33. The number of benzene rings is 4. The summed E-state index contributed by atoms with van der Waals surface area (Å²) in [5, 5.41) is 10.1. The molecular formula is C51H57Cl2FN6O6. The molecule has 348 valence electrons. The van der Waals surface area contributed by atoms with E-state index < -0.39 is 17.8 Å². The largest absolute Gasteiger partial charge is 0.494 e. The van der Waals surface area contributed by atoms with Crippen LogP contribution in [-0.4, -0.2) is 85.9 Å². The van der Waals surface area contributed by atoms with E-state index in [1.54, 1.807) is 24.3 Å². The van der Waals surface area contributed by atoms with Crippen LogP contribution < -0.4 is 31.3 Å². The summed E-state index contributed by atoms with van der Waals surface area (Å²) < 4.78 is 21.0. The van der Waals surface area contributed by atoms with Crippen molar-refractivity contribution in [2.45, 2.75) is 94.7 Å². The molecule has 1 atom stereocenters. The molecule has 0 aromatic heterocycles. The number of ether oxygens (including phenoxy) is 1. The number of piperidine rings is 1. The molecule has 5 N–H and O–H groups in total. The molecule has 2 heterocycles. The third-order valence-electron chi connectivity index (χ3n) is 14.2. The van der Waals surface area contributed by atoms with Gasteiger partial charge < -0.3 is 26.0 Å². The second-order valence-corrected chi connectivity index (χ2v) is 19.0. The highest BCUT2D eigenvalue weighted by Gasteiger charge is 2.35. The van der Waals surface area contributed by atoms with Gasteiger partial charge in [-0.3, -0.25) is 29.4 Å². The van der Waals surface area contributed by atoms with Crippen molar-refractivity contribution in [3.63, 3.8) is 0 Å². The van der Waals surface area contributed by atoms with Crippen LogP contribution in [0.3, 0.4) is 0 Å². The second-order valence-electron chi connectivity index (χ2n) is 18.1. The van der Waals surface area contributed by atoms with E-state index in [9.17, 15) is 24.0 Å². The molecule has 4 aromatic rings. The van der Waals surface area contributed by atoms with E-state index in [2.05, 4.69) is 33.0 Å². The predicted molar refractivity (Wildman–Crippen MR) is 254 cm³/mol. The van der Waals surface area contributed by atoms with E-state index in [4.69, 9.17) is 33.7 Å². The zero-order valence-corrected chi connectivity index (χ0v) is 38.6. The Hall–Kier alpha value is -5.34. The number of methoxy groups -OCH3 is 1. The van der Waals surface area contributed by atoms with E-state index in [0.717, 1.165) is 88.4 Å². The van der Waals surface area contributed by atoms with Crippen LogP contribution in [0.25, 0.3) is 11.1 Å². The number of urea groups is 1. The lowest BCUT2D eigenvalue weighted by Crippen LogP contribution is -2.49. The highest BCUT2D eigenvalue weighted by molar-refractivity contribution is 6.34. The predicted octanol–water partition coefficient (Wildman–Crippen LogP) is 8.66. The van der Waals surface area contributed by atoms with Gasteiger partial charge in [-0.2, -0.15) is 0 Å². The van der Waals surface area contributed by atoms with Gasteiger partial charge in [0, 0.05) is 77.1 Å². The number of hydrogen-bond acceptors (Lipinski definition) is 8. The molecule has 0 spiro atoms. The van der Waals surface area contributed by atoms with Gasteiger partial charge in [0.2, 0.25) is 17.7 Å². The van der Waals surface area contributed by atoms with Gasteiger partial charge >= 0.3 is 6.03 Å². The van der Waals surface area contributed by atoms with Gasteiger partial charge in [-0.15, -0.1) is 0 Å². The fourth-order valence-corrected chi connectivity index (χ4v) is 10.9. The number of anilines is 1. The first-order valence-corrected chi connectivity index (χ1v) is 23.9. The Morgan fingerprint density at radius 2 is 1.50 bits per heavy atom. The normalized spacial score (nSPS) is 22.3. The number of Topliss-reactive ketones (excluding diaryl/α,β-unsaturated/α-hetero) is 1. The van der Waals surface area contributed by atoms with E-state index in [0.29, 0.717) is 34.4 Å². The van der Waals surface area contributed by atoms with Crippen molar-refractivity contribution in [3.8, 4) is 16.9 Å². The van der Waals surface area contributed by atoms with Crippen molar-refractivity contribution >= 4 is 58.4 Å². The molecule has 1 unspecified atom stereocenters. The molecule has 0 radical (unpaired) electrons. The molecular weight excluding hydrogens is 883 g/mol. The van der Waals surface area contributed by atoms with E-state index >= 15 is 4.39 Å². The number of carbonyl (C=O) groups is 5. The molecule has 2 saturated heterocycles. The Bertz CT molecular complexity index is 2450. The van der Waals surface area contributed by atoms with Crippen molar-refractivity contribution < 1.29 is 33.1 Å². The molecule has 4 aliphatic rings. The summed E-state index contributed by atoms with van der Waals surface area (Å²) in [6.07, 6.45) is 8.83. The number of nitrogens with one attached hydrogen (secondary N) is 3. The monoisotopic (exact) mass is 938 g/mol. The summed E-state index contributed by atoms with van der Waals surface area (Å²) in [6.45, 7) is 2.46. The number of primary amides is 1. The zero-order valence-electron chi connectivity index (χ0n) is 37.1. The minimum absolute atomic E-state index is 0.00387. The molecule has 2 saturated carbocycles. The SMILES string of the molecule is COc1ccc(C(N)=O)c(-c2cc(C(CNC3CCC(NC(=O)C4CCC(N5CCC(C(=O)c6ccc(Cl)c(N7CCC(=O)NC7=O)c6)CC5)CC4)CC3)c3ccccc3)ccc2Cl)c1F. The fraction of sp³-hybridized carbons (Fsp3) is 0.431. The standard InChI is InChI=1S/C51H57Cl2FN6O6/c1-66-44-20-17-38(49(55)63)46(47(44)54)39-27-33(9-18-41(39)52)40(30-5-3-2-4-6-30)29-56-35-11-13-36(14-12-35)57-50(64)32-7-15-37(16-8-32)59-24-21-31(22-25-59)48(62)34-10-19-42(53)43(28-34)60-26-23-45(61)58-51(60)65/h2-6,9-10,17-20,27-28,31-32,35-37,40,56H,7-8,11-16,21-26,29H2,1H3,(H2,55,63)(H,57,64)(H,58,61,65). The lowest BCUT2D eigenvalue weighted by molar-refractivity contribution is -0.127. The van der Waals surface area contributed by atoms with Crippen molar-refractivity contribution in [1.82, 2.24) is 20.9 Å². The van der Waals surface area contributed by atoms with Gasteiger partial charge in [0.25, 0.3) is 0 Å². The number of amides is 5. The molecule has 8 rings (SSSR count). The number of ketones is 1. The molecule has 66 heavy (non-hydrogen) atoms. The average molecular weight is 940 g/mol. The van der Waals surface area contributed by atoms with E-state index in [1.165, 1.54) is 24.1 Å². The lowest BCUT2D eigenvalue weighted by Gasteiger charge is -2.40. The minimum Gasteiger partial charge on any atom is -0.494 e. The van der Waals surface area contributed by atoms with Crippen LogP contribution in [0.5, 0.6) is 5.75 Å². The van der Waals surface area contributed by atoms with Gasteiger partial charge in [-0.1, -0.05) is 59.6 Å². The first-order chi connectivity index (χ1) is 31.9. The molecule has 0 bridgehead atoms. The maximum absolute atomic E-state index is 15.8. The van der Waals surface area contributed by atoms with Crippen LogP contribution in [0.4, 0.5) is 14.9 Å². The van der Waals surface area contributed by atoms with Gasteiger partial charge in [0.05, 0.1) is 23.4 Å². The van der Waals surface area contributed by atoms with Crippen molar-refractivity contribution in [3.05, 3.63) is 117 Å². The van der Waals surface area contributed by atoms with Gasteiger partial charge in [0.15, 0.2) is 17.3 Å².